The summed E-state index contributed by atoms with van der Waals surface area (Å²) in [6.07, 6.45) is 0.245. The molecule has 3 aliphatic heterocycles. The van der Waals surface area contributed by atoms with E-state index in [4.69, 9.17) is 14.2 Å². The standard InChI is InChI=1S/C19H28O5/c1-9-11-12(24-17(2,3)4)14-18(5)8-7-10(23-18)19(14,6)15(20)13(11)22-16(9)21/h10-15,20H,1,7-8H2,2-6H3/t10-,11+,12+,13+,14+,15-,18+,19+/m1/s1. The van der Waals surface area contributed by atoms with Crippen molar-refractivity contribution in [2.45, 2.75) is 83.1 Å². The van der Waals surface area contributed by atoms with Gasteiger partial charge in [0.25, 0.3) is 0 Å². The van der Waals surface area contributed by atoms with Gasteiger partial charge in [0.15, 0.2) is 0 Å². The Morgan fingerprint density at radius 2 is 2.00 bits per heavy atom. The summed E-state index contributed by atoms with van der Waals surface area (Å²) in [6.45, 7) is 14.2. The molecule has 4 fully saturated rings. The lowest BCUT2D eigenvalue weighted by atomic mass is 9.51. The van der Waals surface area contributed by atoms with Crippen molar-refractivity contribution < 1.29 is 24.1 Å². The Morgan fingerprint density at radius 3 is 2.62 bits per heavy atom. The number of carbonyl (C=O) groups is 1. The van der Waals surface area contributed by atoms with Crippen molar-refractivity contribution in [2.75, 3.05) is 0 Å². The minimum atomic E-state index is -0.761. The minimum absolute atomic E-state index is 0.00507. The van der Waals surface area contributed by atoms with Gasteiger partial charge in [0.1, 0.15) is 6.10 Å². The molecule has 1 saturated carbocycles. The molecular weight excluding hydrogens is 308 g/mol. The van der Waals surface area contributed by atoms with Crippen molar-refractivity contribution in [3.05, 3.63) is 12.2 Å². The fraction of sp³-hybridized carbons (Fsp3) is 0.842. The smallest absolute Gasteiger partial charge is 0.334 e. The highest BCUT2D eigenvalue weighted by atomic mass is 16.6. The Morgan fingerprint density at radius 1 is 1.33 bits per heavy atom. The Hall–Kier alpha value is -0.910. The van der Waals surface area contributed by atoms with Crippen LogP contribution in [0.3, 0.4) is 0 Å². The number of esters is 1. The van der Waals surface area contributed by atoms with Crippen LogP contribution in [-0.4, -0.2) is 46.7 Å². The van der Waals surface area contributed by atoms with Gasteiger partial charge in [0, 0.05) is 16.9 Å². The molecule has 134 valence electrons. The zero-order valence-electron chi connectivity index (χ0n) is 15.2. The van der Waals surface area contributed by atoms with Gasteiger partial charge in [-0.2, -0.15) is 0 Å². The second kappa shape index (κ2) is 4.63. The summed E-state index contributed by atoms with van der Waals surface area (Å²) in [5, 5.41) is 11.1. The van der Waals surface area contributed by atoms with Crippen LogP contribution in [0.1, 0.15) is 47.5 Å². The molecule has 5 heteroatoms. The number of carbonyl (C=O) groups excluding carboxylic acids is 1. The zero-order valence-corrected chi connectivity index (χ0v) is 15.2. The van der Waals surface area contributed by atoms with E-state index < -0.39 is 23.6 Å². The first-order valence-electron chi connectivity index (χ1n) is 8.92. The molecule has 0 aromatic rings. The summed E-state index contributed by atoms with van der Waals surface area (Å²) in [7, 11) is 0. The van der Waals surface area contributed by atoms with E-state index in [0.29, 0.717) is 5.57 Å². The lowest BCUT2D eigenvalue weighted by Crippen LogP contribution is -2.66. The number of rotatable bonds is 1. The summed E-state index contributed by atoms with van der Waals surface area (Å²) >= 11 is 0. The van der Waals surface area contributed by atoms with Crippen molar-refractivity contribution in [3.8, 4) is 0 Å². The molecule has 0 aromatic carbocycles. The van der Waals surface area contributed by atoms with Crippen LogP contribution in [0.4, 0.5) is 0 Å². The van der Waals surface area contributed by atoms with Gasteiger partial charge in [-0.3, -0.25) is 0 Å². The van der Waals surface area contributed by atoms with Gasteiger partial charge in [-0.25, -0.2) is 4.79 Å². The van der Waals surface area contributed by atoms with E-state index in [-0.39, 0.29) is 35.2 Å². The lowest BCUT2D eigenvalue weighted by molar-refractivity contribution is -0.222. The van der Waals surface area contributed by atoms with E-state index in [9.17, 15) is 9.90 Å². The molecule has 0 unspecified atom stereocenters. The van der Waals surface area contributed by atoms with Crippen LogP contribution in [0.5, 0.6) is 0 Å². The molecule has 8 atom stereocenters. The molecular formula is C19H28O5. The Labute approximate surface area is 143 Å². The molecule has 1 N–H and O–H groups in total. The van der Waals surface area contributed by atoms with E-state index in [1.807, 2.05) is 20.8 Å². The minimum Gasteiger partial charge on any atom is -0.455 e. The molecule has 0 spiro atoms. The summed E-state index contributed by atoms with van der Waals surface area (Å²) in [6, 6.07) is 0. The fourth-order valence-corrected chi connectivity index (χ4v) is 5.83. The van der Waals surface area contributed by atoms with Gasteiger partial charge in [0.2, 0.25) is 0 Å². The third kappa shape index (κ3) is 1.89. The second-order valence-electron chi connectivity index (χ2n) is 9.36. The first-order chi connectivity index (χ1) is 11.0. The molecule has 5 nitrogen and oxygen atoms in total. The number of fused-ring (bicyclic) bond motifs is 6. The van der Waals surface area contributed by atoms with Crippen LogP contribution in [0.25, 0.3) is 0 Å². The molecule has 0 amide bonds. The number of aliphatic hydroxyl groups is 1. The highest BCUT2D eigenvalue weighted by Crippen LogP contribution is 2.66. The molecule has 2 bridgehead atoms. The summed E-state index contributed by atoms with van der Waals surface area (Å²) in [5.41, 5.74) is -0.772. The highest BCUT2D eigenvalue weighted by Gasteiger charge is 2.75. The summed E-state index contributed by atoms with van der Waals surface area (Å²) < 4.78 is 18.3. The van der Waals surface area contributed by atoms with E-state index in [1.165, 1.54) is 0 Å². The van der Waals surface area contributed by atoms with Crippen molar-refractivity contribution in [1.82, 2.24) is 0 Å². The maximum Gasteiger partial charge on any atom is 0.334 e. The van der Waals surface area contributed by atoms with Crippen LogP contribution >= 0.6 is 0 Å². The van der Waals surface area contributed by atoms with Crippen molar-refractivity contribution in [1.29, 1.82) is 0 Å². The maximum atomic E-state index is 12.2. The molecule has 1 aliphatic carbocycles. The van der Waals surface area contributed by atoms with E-state index >= 15 is 0 Å². The molecule has 0 aromatic heterocycles. The lowest BCUT2D eigenvalue weighted by Gasteiger charge is -2.55. The number of hydrogen-bond donors (Lipinski definition) is 1. The normalized spacial score (nSPS) is 53.1. The third-order valence-corrected chi connectivity index (χ3v) is 6.72. The SMILES string of the molecule is C=C1C(=O)O[C@H]2[C@@H]1[C@H](OC(C)(C)C)[C@@H]1[C@@](C)([C@@H]2O)[C@H]2CC[C@]1(C)O2. The van der Waals surface area contributed by atoms with Gasteiger partial charge in [-0.05, 0) is 40.5 Å². The molecule has 24 heavy (non-hydrogen) atoms. The summed E-state index contributed by atoms with van der Waals surface area (Å²) in [4.78, 5) is 12.2. The van der Waals surface area contributed by atoms with Crippen LogP contribution in [-0.2, 0) is 19.0 Å². The Kier molecular flexibility index (Phi) is 3.19. The van der Waals surface area contributed by atoms with Gasteiger partial charge in [0.05, 0.1) is 35.4 Å². The number of hydrogen-bond acceptors (Lipinski definition) is 5. The largest absolute Gasteiger partial charge is 0.455 e. The number of aliphatic hydroxyl groups excluding tert-OH is 1. The van der Waals surface area contributed by atoms with E-state index in [2.05, 4.69) is 20.4 Å². The average molecular weight is 336 g/mol. The van der Waals surface area contributed by atoms with Crippen LogP contribution in [0.2, 0.25) is 0 Å². The fourth-order valence-electron chi connectivity index (χ4n) is 5.83. The van der Waals surface area contributed by atoms with Crippen LogP contribution < -0.4 is 0 Å². The van der Waals surface area contributed by atoms with Gasteiger partial charge >= 0.3 is 5.97 Å². The second-order valence-corrected chi connectivity index (χ2v) is 9.36. The molecule has 4 aliphatic rings. The van der Waals surface area contributed by atoms with Crippen LogP contribution in [0, 0.1) is 17.3 Å². The zero-order chi connectivity index (χ0) is 17.7. The monoisotopic (exact) mass is 336 g/mol. The molecule has 0 radical (unpaired) electrons. The summed E-state index contributed by atoms with van der Waals surface area (Å²) in [5.74, 6) is -0.719. The third-order valence-electron chi connectivity index (χ3n) is 6.72. The van der Waals surface area contributed by atoms with Crippen LogP contribution in [0.15, 0.2) is 12.2 Å². The van der Waals surface area contributed by atoms with Crippen molar-refractivity contribution in [3.63, 3.8) is 0 Å². The topological polar surface area (TPSA) is 65.0 Å². The van der Waals surface area contributed by atoms with Crippen molar-refractivity contribution >= 4 is 5.97 Å². The number of ether oxygens (including phenoxy) is 3. The van der Waals surface area contributed by atoms with Crippen molar-refractivity contribution in [2.24, 2.45) is 17.3 Å². The Bertz CT molecular complexity index is 607. The van der Waals surface area contributed by atoms with Gasteiger partial charge < -0.3 is 19.3 Å². The van der Waals surface area contributed by atoms with E-state index in [1.54, 1.807) is 0 Å². The van der Waals surface area contributed by atoms with Gasteiger partial charge in [-0.15, -0.1) is 0 Å². The van der Waals surface area contributed by atoms with Gasteiger partial charge in [-0.1, -0.05) is 13.5 Å². The predicted molar refractivity (Wildman–Crippen MR) is 87.3 cm³/mol. The quantitative estimate of drug-likeness (QED) is 0.587. The molecule has 4 rings (SSSR count). The Balaban J connectivity index is 1.84. The van der Waals surface area contributed by atoms with E-state index in [0.717, 1.165) is 12.8 Å². The highest BCUT2D eigenvalue weighted by molar-refractivity contribution is 5.91. The first kappa shape index (κ1) is 16.6. The predicted octanol–water partition coefficient (Wildman–Crippen LogP) is 2.22. The average Bonchev–Trinajstić information content (AvgIpc) is 3.04. The first-order valence-corrected chi connectivity index (χ1v) is 8.92. The maximum absolute atomic E-state index is 12.2. The molecule has 3 heterocycles. The molecule has 3 saturated heterocycles.